The molecule has 7 heteroatoms. The highest BCUT2D eigenvalue weighted by Crippen LogP contribution is 2.33. The van der Waals surface area contributed by atoms with Crippen LogP contribution >= 0.6 is 11.3 Å². The van der Waals surface area contributed by atoms with E-state index >= 15 is 0 Å². The van der Waals surface area contributed by atoms with Crippen molar-refractivity contribution in [3.8, 4) is 11.4 Å². The van der Waals surface area contributed by atoms with Gasteiger partial charge in [0.2, 0.25) is 11.7 Å². The molecule has 25 heavy (non-hydrogen) atoms. The highest BCUT2D eigenvalue weighted by molar-refractivity contribution is 7.09. The number of anilines is 1. The van der Waals surface area contributed by atoms with E-state index in [1.54, 1.807) is 17.5 Å². The zero-order chi connectivity index (χ0) is 17.2. The Bertz CT molecular complexity index is 812. The molecular formula is C18H21N5OS. The lowest BCUT2D eigenvalue weighted by molar-refractivity contribution is 0.202. The summed E-state index contributed by atoms with van der Waals surface area (Å²) in [6.07, 6.45) is 4.01. The van der Waals surface area contributed by atoms with Crippen molar-refractivity contribution in [2.75, 3.05) is 25.5 Å². The van der Waals surface area contributed by atoms with Crippen LogP contribution in [0.2, 0.25) is 0 Å². The van der Waals surface area contributed by atoms with E-state index in [4.69, 9.17) is 4.52 Å². The third-order valence-electron chi connectivity index (χ3n) is 4.49. The van der Waals surface area contributed by atoms with Gasteiger partial charge in [0.05, 0.1) is 6.04 Å². The lowest BCUT2D eigenvalue weighted by atomic mass is 10.2. The molecule has 1 aliphatic heterocycles. The van der Waals surface area contributed by atoms with Crippen LogP contribution in [0.4, 0.5) is 5.82 Å². The fourth-order valence-electron chi connectivity index (χ4n) is 3.17. The van der Waals surface area contributed by atoms with Gasteiger partial charge in [-0.1, -0.05) is 11.2 Å². The van der Waals surface area contributed by atoms with Gasteiger partial charge in [-0.15, -0.1) is 11.3 Å². The van der Waals surface area contributed by atoms with Crippen LogP contribution < -0.4 is 4.90 Å². The predicted molar refractivity (Wildman–Crippen MR) is 98.6 cm³/mol. The lowest BCUT2D eigenvalue weighted by Crippen LogP contribution is -2.22. The van der Waals surface area contributed by atoms with Gasteiger partial charge in [0.25, 0.3) is 0 Å². The summed E-state index contributed by atoms with van der Waals surface area (Å²) in [4.78, 5) is 14.8. The molecule has 3 aromatic rings. The summed E-state index contributed by atoms with van der Waals surface area (Å²) >= 11 is 1.79. The smallest absolute Gasteiger partial charge is 0.244 e. The number of hydrogen-bond acceptors (Lipinski definition) is 7. The average Bonchev–Trinajstić information content (AvgIpc) is 3.37. The summed E-state index contributed by atoms with van der Waals surface area (Å²) in [6, 6.07) is 8.42. The molecule has 6 nitrogen and oxygen atoms in total. The zero-order valence-electron chi connectivity index (χ0n) is 14.4. The number of nitrogens with zero attached hydrogens (tertiary/aromatic N) is 5. The van der Waals surface area contributed by atoms with E-state index in [2.05, 4.69) is 37.5 Å². The quantitative estimate of drug-likeness (QED) is 0.697. The number of likely N-dealkylation sites (tertiary alicyclic amines) is 1. The molecule has 1 aliphatic rings. The van der Waals surface area contributed by atoms with Crippen molar-refractivity contribution in [2.45, 2.75) is 25.4 Å². The summed E-state index contributed by atoms with van der Waals surface area (Å²) < 4.78 is 5.59. The minimum atomic E-state index is 0.206. The van der Waals surface area contributed by atoms with Crippen molar-refractivity contribution >= 4 is 17.2 Å². The number of rotatable bonds is 5. The predicted octanol–water partition coefficient (Wildman–Crippen LogP) is 3.60. The molecule has 0 amide bonds. The fraction of sp³-hybridized carbons (Fsp3) is 0.389. The molecule has 0 radical (unpaired) electrons. The SMILES string of the molecule is CN(C)c1ccc(-c2noc([C@@H]3CCCN3Cc3cccs3)n2)cn1. The van der Waals surface area contributed by atoms with Gasteiger partial charge in [0.1, 0.15) is 5.82 Å². The van der Waals surface area contributed by atoms with Crippen LogP contribution in [-0.4, -0.2) is 40.7 Å². The van der Waals surface area contributed by atoms with Gasteiger partial charge in [-0.25, -0.2) is 4.98 Å². The zero-order valence-corrected chi connectivity index (χ0v) is 15.2. The molecule has 0 saturated carbocycles. The number of pyridine rings is 1. The molecular weight excluding hydrogens is 334 g/mol. The fourth-order valence-corrected chi connectivity index (χ4v) is 3.90. The van der Waals surface area contributed by atoms with E-state index in [0.29, 0.717) is 11.7 Å². The molecule has 0 bridgehead atoms. The monoisotopic (exact) mass is 355 g/mol. The second-order valence-electron chi connectivity index (χ2n) is 6.46. The first-order valence-electron chi connectivity index (χ1n) is 8.44. The van der Waals surface area contributed by atoms with Crippen molar-refractivity contribution in [3.63, 3.8) is 0 Å². The molecule has 0 spiro atoms. The van der Waals surface area contributed by atoms with Crippen molar-refractivity contribution < 1.29 is 4.52 Å². The Balaban J connectivity index is 1.52. The van der Waals surface area contributed by atoms with Crippen LogP contribution in [0, 0.1) is 0 Å². The summed E-state index contributed by atoms with van der Waals surface area (Å²) in [6.45, 7) is 2.01. The highest BCUT2D eigenvalue weighted by Gasteiger charge is 2.31. The normalized spacial score (nSPS) is 17.9. The molecule has 0 aromatic carbocycles. The minimum absolute atomic E-state index is 0.206. The van der Waals surface area contributed by atoms with Crippen LogP contribution in [0.25, 0.3) is 11.4 Å². The van der Waals surface area contributed by atoms with E-state index < -0.39 is 0 Å². The Morgan fingerprint density at radius 3 is 2.96 bits per heavy atom. The Labute approximate surface area is 151 Å². The van der Waals surface area contributed by atoms with Gasteiger partial charge in [-0.05, 0) is 43.0 Å². The molecule has 0 aliphatic carbocycles. The van der Waals surface area contributed by atoms with E-state index in [9.17, 15) is 0 Å². The van der Waals surface area contributed by atoms with E-state index in [1.165, 1.54) is 4.88 Å². The Morgan fingerprint density at radius 1 is 1.32 bits per heavy atom. The standard InChI is InChI=1S/C18H21N5OS/c1-22(2)16-8-7-13(11-19-16)17-20-18(24-21-17)15-6-3-9-23(15)12-14-5-4-10-25-14/h4-5,7-8,10-11,15H,3,6,9,12H2,1-2H3/t15-/m0/s1. The third-order valence-corrected chi connectivity index (χ3v) is 5.35. The van der Waals surface area contributed by atoms with Gasteiger partial charge in [0.15, 0.2) is 0 Å². The van der Waals surface area contributed by atoms with Gasteiger partial charge in [-0.2, -0.15) is 4.98 Å². The van der Waals surface area contributed by atoms with Crippen LogP contribution in [0.5, 0.6) is 0 Å². The van der Waals surface area contributed by atoms with Crippen LogP contribution in [-0.2, 0) is 6.54 Å². The number of aromatic nitrogens is 3. The summed E-state index contributed by atoms with van der Waals surface area (Å²) in [7, 11) is 3.94. The summed E-state index contributed by atoms with van der Waals surface area (Å²) in [5.41, 5.74) is 0.878. The first-order valence-corrected chi connectivity index (χ1v) is 9.32. The van der Waals surface area contributed by atoms with Gasteiger partial charge in [0, 0.05) is 37.3 Å². The highest BCUT2D eigenvalue weighted by atomic mass is 32.1. The van der Waals surface area contributed by atoms with Gasteiger partial charge in [-0.3, -0.25) is 4.90 Å². The molecule has 0 N–H and O–H groups in total. The third kappa shape index (κ3) is 3.43. The maximum atomic E-state index is 5.59. The van der Waals surface area contributed by atoms with Crippen molar-refractivity contribution in [2.24, 2.45) is 0 Å². The largest absolute Gasteiger partial charge is 0.363 e. The topological polar surface area (TPSA) is 58.3 Å². The summed E-state index contributed by atoms with van der Waals surface area (Å²) in [5, 5.41) is 6.29. The Hall–Kier alpha value is -2.25. The van der Waals surface area contributed by atoms with E-state index in [-0.39, 0.29) is 6.04 Å². The number of hydrogen-bond donors (Lipinski definition) is 0. The van der Waals surface area contributed by atoms with Gasteiger partial charge < -0.3 is 9.42 Å². The van der Waals surface area contributed by atoms with Crippen LogP contribution in [0.15, 0.2) is 40.4 Å². The minimum Gasteiger partial charge on any atom is -0.363 e. The Kier molecular flexibility index (Phi) is 4.50. The van der Waals surface area contributed by atoms with Crippen molar-refractivity contribution in [3.05, 3.63) is 46.6 Å². The molecule has 0 unspecified atom stereocenters. The summed E-state index contributed by atoms with van der Waals surface area (Å²) in [5.74, 6) is 2.22. The molecule has 1 fully saturated rings. The van der Waals surface area contributed by atoms with E-state index in [0.717, 1.165) is 37.3 Å². The van der Waals surface area contributed by atoms with Crippen LogP contribution in [0.3, 0.4) is 0 Å². The number of thiophene rings is 1. The molecule has 1 saturated heterocycles. The molecule has 3 aromatic heterocycles. The average molecular weight is 355 g/mol. The second kappa shape index (κ2) is 6.93. The molecule has 130 valence electrons. The maximum absolute atomic E-state index is 5.59. The first-order chi connectivity index (χ1) is 12.2. The maximum Gasteiger partial charge on any atom is 0.244 e. The van der Waals surface area contributed by atoms with Crippen molar-refractivity contribution in [1.82, 2.24) is 20.0 Å². The van der Waals surface area contributed by atoms with Gasteiger partial charge >= 0.3 is 0 Å². The Morgan fingerprint density at radius 2 is 2.24 bits per heavy atom. The molecule has 1 atom stereocenters. The van der Waals surface area contributed by atoms with E-state index in [1.807, 2.05) is 31.1 Å². The first kappa shape index (κ1) is 16.2. The molecule has 4 rings (SSSR count). The second-order valence-corrected chi connectivity index (χ2v) is 7.50. The van der Waals surface area contributed by atoms with Crippen molar-refractivity contribution in [1.29, 1.82) is 0 Å². The van der Waals surface area contributed by atoms with Crippen LogP contribution in [0.1, 0.15) is 29.7 Å². The molecule has 4 heterocycles. The lowest BCUT2D eigenvalue weighted by Gasteiger charge is -2.20.